The summed E-state index contributed by atoms with van der Waals surface area (Å²) in [6, 6.07) is 2.36. The third kappa shape index (κ3) is 2.67. The van der Waals surface area contributed by atoms with Crippen molar-refractivity contribution >= 4 is 20.9 Å². The van der Waals surface area contributed by atoms with Gasteiger partial charge in [-0.25, -0.2) is 21.5 Å². The van der Waals surface area contributed by atoms with Gasteiger partial charge in [0.25, 0.3) is 0 Å². The minimum Gasteiger partial charge on any atom is -0.361 e. The van der Waals surface area contributed by atoms with Gasteiger partial charge in [-0.1, -0.05) is 0 Å². The van der Waals surface area contributed by atoms with Crippen molar-refractivity contribution in [3.05, 3.63) is 35.5 Å². The number of piperidine rings is 1. The second-order valence-corrected chi connectivity index (χ2v) is 7.47. The van der Waals surface area contributed by atoms with E-state index in [9.17, 15) is 17.2 Å². The van der Waals surface area contributed by atoms with E-state index in [0.717, 1.165) is 11.6 Å². The van der Waals surface area contributed by atoms with E-state index in [1.807, 2.05) is 0 Å². The van der Waals surface area contributed by atoms with Gasteiger partial charge in [0, 0.05) is 36.3 Å². The molecule has 114 valence electrons. The first-order valence-corrected chi connectivity index (χ1v) is 8.62. The van der Waals surface area contributed by atoms with Crippen LogP contribution in [-0.4, -0.2) is 37.1 Å². The van der Waals surface area contributed by atoms with Crippen molar-refractivity contribution in [1.29, 1.82) is 0 Å². The van der Waals surface area contributed by atoms with Crippen LogP contribution in [0.25, 0.3) is 10.9 Å². The largest absolute Gasteiger partial charge is 0.361 e. The molecule has 0 spiro atoms. The summed E-state index contributed by atoms with van der Waals surface area (Å²) in [7, 11) is -3.16. The van der Waals surface area contributed by atoms with Crippen LogP contribution in [0.2, 0.25) is 0 Å². The van der Waals surface area contributed by atoms with Crippen LogP contribution in [0.3, 0.4) is 0 Å². The minimum atomic E-state index is -3.16. The van der Waals surface area contributed by atoms with Gasteiger partial charge in [0.05, 0.1) is 6.26 Å². The molecule has 0 saturated carbocycles. The Morgan fingerprint density at radius 2 is 1.81 bits per heavy atom. The number of aromatic amines is 1. The number of H-pyrrole nitrogens is 1. The van der Waals surface area contributed by atoms with Crippen LogP contribution in [0, 0.1) is 11.6 Å². The summed E-state index contributed by atoms with van der Waals surface area (Å²) in [5.74, 6) is -1.58. The first kappa shape index (κ1) is 14.5. The molecule has 0 atom stereocenters. The molecule has 3 rings (SSSR count). The third-order valence-corrected chi connectivity index (χ3v) is 5.42. The Labute approximate surface area is 121 Å². The van der Waals surface area contributed by atoms with Gasteiger partial charge in [-0.15, -0.1) is 0 Å². The van der Waals surface area contributed by atoms with Crippen LogP contribution in [0.1, 0.15) is 24.3 Å². The fourth-order valence-electron chi connectivity index (χ4n) is 2.97. The maximum atomic E-state index is 13.4. The zero-order chi connectivity index (χ0) is 15.2. The molecule has 21 heavy (non-hydrogen) atoms. The maximum absolute atomic E-state index is 13.4. The summed E-state index contributed by atoms with van der Waals surface area (Å²) in [5.41, 5.74) is 1.49. The molecule has 1 aliphatic rings. The van der Waals surface area contributed by atoms with Crippen LogP contribution in [-0.2, 0) is 10.0 Å². The second-order valence-electron chi connectivity index (χ2n) is 5.49. The fraction of sp³-hybridized carbons (Fsp3) is 0.429. The van der Waals surface area contributed by atoms with Crippen molar-refractivity contribution in [2.45, 2.75) is 18.8 Å². The molecule has 7 heteroatoms. The molecule has 1 aliphatic heterocycles. The van der Waals surface area contributed by atoms with E-state index in [0.29, 0.717) is 36.8 Å². The van der Waals surface area contributed by atoms with Gasteiger partial charge in [0.1, 0.15) is 0 Å². The van der Waals surface area contributed by atoms with Crippen molar-refractivity contribution in [1.82, 2.24) is 9.29 Å². The van der Waals surface area contributed by atoms with E-state index in [4.69, 9.17) is 0 Å². The number of aromatic nitrogens is 1. The highest BCUT2D eigenvalue weighted by atomic mass is 32.2. The molecule has 0 amide bonds. The molecular formula is C14H16F2N2O2S. The number of benzene rings is 1. The Balaban J connectivity index is 1.88. The van der Waals surface area contributed by atoms with Crippen LogP contribution in [0.5, 0.6) is 0 Å². The molecule has 0 unspecified atom stereocenters. The molecular weight excluding hydrogens is 298 g/mol. The highest BCUT2D eigenvalue weighted by Gasteiger charge is 2.27. The van der Waals surface area contributed by atoms with Crippen molar-refractivity contribution in [3.63, 3.8) is 0 Å². The highest BCUT2D eigenvalue weighted by Crippen LogP contribution is 2.34. The fourth-order valence-corrected chi connectivity index (χ4v) is 3.85. The predicted octanol–water partition coefficient (Wildman–Crippen LogP) is 2.59. The predicted molar refractivity (Wildman–Crippen MR) is 76.6 cm³/mol. The van der Waals surface area contributed by atoms with Gasteiger partial charge in [-0.05, 0) is 30.4 Å². The second kappa shape index (κ2) is 5.06. The minimum absolute atomic E-state index is 0.154. The SMILES string of the molecule is CS(=O)(=O)N1CCC(c2c[nH]c3cc(F)c(F)cc23)CC1. The topological polar surface area (TPSA) is 53.2 Å². The van der Waals surface area contributed by atoms with Crippen molar-refractivity contribution in [2.75, 3.05) is 19.3 Å². The summed E-state index contributed by atoms with van der Waals surface area (Å²) in [6.45, 7) is 0.916. The van der Waals surface area contributed by atoms with Crippen molar-refractivity contribution < 1.29 is 17.2 Å². The van der Waals surface area contributed by atoms with Crippen LogP contribution in [0.4, 0.5) is 8.78 Å². The normalized spacial score (nSPS) is 18.4. The average molecular weight is 314 g/mol. The molecule has 4 nitrogen and oxygen atoms in total. The van der Waals surface area contributed by atoms with Gasteiger partial charge in [-0.3, -0.25) is 0 Å². The lowest BCUT2D eigenvalue weighted by atomic mass is 9.90. The summed E-state index contributed by atoms with van der Waals surface area (Å²) in [5, 5.41) is 0.673. The quantitative estimate of drug-likeness (QED) is 0.926. The number of nitrogens with one attached hydrogen (secondary N) is 1. The molecule has 1 N–H and O–H groups in total. The third-order valence-electron chi connectivity index (χ3n) is 4.12. The van der Waals surface area contributed by atoms with Gasteiger partial charge in [0.15, 0.2) is 11.6 Å². The zero-order valence-electron chi connectivity index (χ0n) is 11.6. The van der Waals surface area contributed by atoms with E-state index in [-0.39, 0.29) is 5.92 Å². The Hall–Kier alpha value is -1.47. The summed E-state index contributed by atoms with van der Waals surface area (Å²) >= 11 is 0. The molecule has 2 aromatic rings. The van der Waals surface area contributed by atoms with E-state index in [2.05, 4.69) is 4.98 Å². The number of halogens is 2. The number of fused-ring (bicyclic) bond motifs is 1. The van der Waals surface area contributed by atoms with Crippen LogP contribution < -0.4 is 0 Å². The summed E-state index contributed by atoms with van der Waals surface area (Å²) < 4.78 is 51.1. The van der Waals surface area contributed by atoms with E-state index < -0.39 is 21.7 Å². The standard InChI is InChI=1S/C14H16F2N2O2S/c1-21(19,20)18-4-2-9(3-5-18)11-8-17-14-7-13(16)12(15)6-10(11)14/h6-9,17H,2-5H2,1H3. The van der Waals surface area contributed by atoms with Crippen molar-refractivity contribution in [3.8, 4) is 0 Å². The van der Waals surface area contributed by atoms with E-state index in [1.165, 1.54) is 16.6 Å². The zero-order valence-corrected chi connectivity index (χ0v) is 12.4. The van der Waals surface area contributed by atoms with Gasteiger partial charge < -0.3 is 4.98 Å². The maximum Gasteiger partial charge on any atom is 0.211 e. The summed E-state index contributed by atoms with van der Waals surface area (Å²) in [4.78, 5) is 2.96. The number of nitrogens with zero attached hydrogens (tertiary/aromatic N) is 1. The molecule has 0 bridgehead atoms. The van der Waals surface area contributed by atoms with Crippen LogP contribution >= 0.6 is 0 Å². The Morgan fingerprint density at radius 1 is 1.19 bits per heavy atom. The molecule has 1 aromatic heterocycles. The summed E-state index contributed by atoms with van der Waals surface area (Å²) in [6.07, 6.45) is 4.33. The number of hydrogen-bond donors (Lipinski definition) is 1. The lowest BCUT2D eigenvalue weighted by Gasteiger charge is -2.30. The van der Waals surface area contributed by atoms with Gasteiger partial charge in [-0.2, -0.15) is 0 Å². The Kier molecular flexibility index (Phi) is 3.49. The number of rotatable bonds is 2. The Morgan fingerprint density at radius 3 is 2.43 bits per heavy atom. The molecule has 2 heterocycles. The first-order chi connectivity index (χ1) is 9.86. The van der Waals surface area contributed by atoms with Gasteiger partial charge in [0.2, 0.25) is 10.0 Å². The van der Waals surface area contributed by atoms with Crippen LogP contribution in [0.15, 0.2) is 18.3 Å². The molecule has 0 aliphatic carbocycles. The van der Waals surface area contributed by atoms with Crippen molar-refractivity contribution in [2.24, 2.45) is 0 Å². The van der Waals surface area contributed by atoms with E-state index >= 15 is 0 Å². The molecule has 0 radical (unpaired) electrons. The first-order valence-electron chi connectivity index (χ1n) is 6.77. The number of hydrogen-bond acceptors (Lipinski definition) is 2. The highest BCUT2D eigenvalue weighted by molar-refractivity contribution is 7.88. The molecule has 1 aromatic carbocycles. The molecule has 1 fully saturated rings. The monoisotopic (exact) mass is 314 g/mol. The van der Waals surface area contributed by atoms with Gasteiger partial charge >= 0.3 is 0 Å². The average Bonchev–Trinajstić information content (AvgIpc) is 2.81. The lowest BCUT2D eigenvalue weighted by molar-refractivity contribution is 0.322. The molecule has 1 saturated heterocycles. The lowest BCUT2D eigenvalue weighted by Crippen LogP contribution is -2.37. The Bertz CT molecular complexity index is 778. The number of sulfonamides is 1. The smallest absolute Gasteiger partial charge is 0.211 e. The van der Waals surface area contributed by atoms with E-state index in [1.54, 1.807) is 6.20 Å².